The highest BCUT2D eigenvalue weighted by molar-refractivity contribution is 7.89. The molecule has 2 aromatic carbocycles. The van der Waals surface area contributed by atoms with E-state index in [-0.39, 0.29) is 47.3 Å². The molecule has 1 aliphatic rings. The number of amides is 1. The molecule has 1 saturated heterocycles. The fourth-order valence-electron chi connectivity index (χ4n) is 3.31. The number of nitro benzene ring substituents is 1. The molecule has 1 aliphatic heterocycles. The molecular weight excluding hydrogens is 430 g/mol. The second kappa shape index (κ2) is 8.71. The first kappa shape index (κ1) is 22.2. The van der Waals surface area contributed by atoms with Crippen LogP contribution >= 0.6 is 11.6 Å². The molecule has 160 valence electrons. The van der Waals surface area contributed by atoms with E-state index in [9.17, 15) is 23.3 Å². The van der Waals surface area contributed by atoms with Crippen molar-refractivity contribution in [1.29, 1.82) is 0 Å². The van der Waals surface area contributed by atoms with Crippen LogP contribution in [0.25, 0.3) is 0 Å². The third-order valence-electron chi connectivity index (χ3n) is 5.10. The molecule has 1 amide bonds. The first-order valence-corrected chi connectivity index (χ1v) is 11.3. The summed E-state index contributed by atoms with van der Waals surface area (Å²) < 4.78 is 27.2. The number of nitro groups is 1. The molecule has 0 atom stereocenters. The second-order valence-electron chi connectivity index (χ2n) is 7.34. The van der Waals surface area contributed by atoms with Crippen LogP contribution in [0.4, 0.5) is 5.69 Å². The van der Waals surface area contributed by atoms with E-state index < -0.39 is 20.9 Å². The van der Waals surface area contributed by atoms with Crippen molar-refractivity contribution in [3.8, 4) is 0 Å². The van der Waals surface area contributed by atoms with Gasteiger partial charge in [0.2, 0.25) is 10.0 Å². The van der Waals surface area contributed by atoms with Gasteiger partial charge in [-0.05, 0) is 35.7 Å². The predicted octanol–water partition coefficient (Wildman–Crippen LogP) is 3.52. The van der Waals surface area contributed by atoms with Gasteiger partial charge in [0, 0.05) is 37.3 Å². The SMILES string of the molecule is CC(C)c1ccc(S(=O)(=O)N2CCN(C(=O)c3ccc(Cl)cc3[N+](=O)[O-])CC2)cc1. The molecule has 1 heterocycles. The summed E-state index contributed by atoms with van der Waals surface area (Å²) >= 11 is 5.80. The van der Waals surface area contributed by atoms with Crippen LogP contribution in [0.15, 0.2) is 47.4 Å². The monoisotopic (exact) mass is 451 g/mol. The lowest BCUT2D eigenvalue weighted by molar-refractivity contribution is -0.385. The number of piperazine rings is 1. The average molecular weight is 452 g/mol. The normalized spacial score (nSPS) is 15.4. The Morgan fingerprint density at radius 3 is 2.20 bits per heavy atom. The Hall–Kier alpha value is -2.49. The van der Waals surface area contributed by atoms with Crippen LogP contribution < -0.4 is 0 Å². The van der Waals surface area contributed by atoms with E-state index in [2.05, 4.69) is 0 Å². The summed E-state index contributed by atoms with van der Waals surface area (Å²) in [5.74, 6) is -0.218. The summed E-state index contributed by atoms with van der Waals surface area (Å²) in [6, 6.07) is 10.7. The van der Waals surface area contributed by atoms with E-state index in [0.717, 1.165) is 11.6 Å². The van der Waals surface area contributed by atoms with Gasteiger partial charge in [-0.25, -0.2) is 8.42 Å². The molecule has 0 saturated carbocycles. The first-order chi connectivity index (χ1) is 14.1. The summed E-state index contributed by atoms with van der Waals surface area (Å²) in [6.45, 7) is 4.57. The second-order valence-corrected chi connectivity index (χ2v) is 9.71. The van der Waals surface area contributed by atoms with Crippen LogP contribution in [0.3, 0.4) is 0 Å². The Kier molecular flexibility index (Phi) is 6.44. The zero-order valence-electron chi connectivity index (χ0n) is 16.6. The Labute approximate surface area is 180 Å². The molecule has 30 heavy (non-hydrogen) atoms. The highest BCUT2D eigenvalue weighted by Crippen LogP contribution is 2.26. The zero-order chi connectivity index (χ0) is 22.1. The third-order valence-corrected chi connectivity index (χ3v) is 7.25. The number of sulfonamides is 1. The summed E-state index contributed by atoms with van der Waals surface area (Å²) in [4.78, 5) is 25.0. The summed E-state index contributed by atoms with van der Waals surface area (Å²) in [7, 11) is -3.68. The molecule has 2 aromatic rings. The lowest BCUT2D eigenvalue weighted by Crippen LogP contribution is -2.50. The van der Waals surface area contributed by atoms with Crippen LogP contribution in [0.5, 0.6) is 0 Å². The van der Waals surface area contributed by atoms with E-state index in [1.807, 2.05) is 13.8 Å². The molecule has 8 nitrogen and oxygen atoms in total. The molecular formula is C20H22ClN3O5S. The van der Waals surface area contributed by atoms with Crippen LogP contribution in [0, 0.1) is 10.1 Å². The van der Waals surface area contributed by atoms with Crippen LogP contribution in [-0.4, -0.2) is 54.6 Å². The van der Waals surface area contributed by atoms with Gasteiger partial charge in [0.25, 0.3) is 11.6 Å². The average Bonchev–Trinajstić information content (AvgIpc) is 2.73. The lowest BCUT2D eigenvalue weighted by Gasteiger charge is -2.34. The highest BCUT2D eigenvalue weighted by atomic mass is 35.5. The quantitative estimate of drug-likeness (QED) is 0.511. The van der Waals surface area contributed by atoms with Crippen LogP contribution in [-0.2, 0) is 10.0 Å². The lowest BCUT2D eigenvalue weighted by atomic mass is 10.0. The summed E-state index contributed by atoms with van der Waals surface area (Å²) in [5, 5.41) is 11.4. The molecule has 0 aliphatic carbocycles. The maximum absolute atomic E-state index is 12.9. The number of rotatable bonds is 5. The van der Waals surface area contributed by atoms with Gasteiger partial charge < -0.3 is 4.90 Å². The first-order valence-electron chi connectivity index (χ1n) is 9.44. The summed E-state index contributed by atoms with van der Waals surface area (Å²) in [5.41, 5.74) is 0.617. The molecule has 0 aromatic heterocycles. The minimum absolute atomic E-state index is 0.0648. The van der Waals surface area contributed by atoms with Crippen molar-refractivity contribution in [3.05, 3.63) is 68.7 Å². The number of carbonyl (C=O) groups is 1. The maximum atomic E-state index is 12.9. The van der Waals surface area contributed by atoms with Crippen LogP contribution in [0.1, 0.15) is 35.7 Å². The smallest absolute Gasteiger partial charge is 0.283 e. The minimum atomic E-state index is -3.68. The largest absolute Gasteiger partial charge is 0.336 e. The number of hydrogen-bond acceptors (Lipinski definition) is 5. The fourth-order valence-corrected chi connectivity index (χ4v) is 4.90. The number of benzene rings is 2. The van der Waals surface area contributed by atoms with Gasteiger partial charge in [0.1, 0.15) is 5.56 Å². The number of hydrogen-bond donors (Lipinski definition) is 0. The predicted molar refractivity (Wildman–Crippen MR) is 113 cm³/mol. The molecule has 0 N–H and O–H groups in total. The van der Waals surface area contributed by atoms with Crippen molar-refractivity contribution in [2.24, 2.45) is 0 Å². The Morgan fingerprint density at radius 1 is 1.07 bits per heavy atom. The van der Waals surface area contributed by atoms with Gasteiger partial charge in [-0.1, -0.05) is 37.6 Å². The molecule has 1 fully saturated rings. The van der Waals surface area contributed by atoms with Crippen molar-refractivity contribution in [1.82, 2.24) is 9.21 Å². The topological polar surface area (TPSA) is 101 Å². The molecule has 3 rings (SSSR count). The van der Waals surface area contributed by atoms with Crippen molar-refractivity contribution in [2.45, 2.75) is 24.7 Å². The molecule has 0 unspecified atom stereocenters. The molecule has 0 bridgehead atoms. The van der Waals surface area contributed by atoms with E-state index in [1.54, 1.807) is 24.3 Å². The van der Waals surface area contributed by atoms with Crippen molar-refractivity contribution < 1.29 is 18.1 Å². The van der Waals surface area contributed by atoms with Gasteiger partial charge >= 0.3 is 0 Å². The molecule has 10 heteroatoms. The maximum Gasteiger partial charge on any atom is 0.283 e. The molecule has 0 radical (unpaired) electrons. The fraction of sp³-hybridized carbons (Fsp3) is 0.350. The van der Waals surface area contributed by atoms with Gasteiger partial charge in [-0.2, -0.15) is 4.31 Å². The van der Waals surface area contributed by atoms with Gasteiger partial charge in [0.05, 0.1) is 9.82 Å². The minimum Gasteiger partial charge on any atom is -0.336 e. The van der Waals surface area contributed by atoms with Gasteiger partial charge in [-0.15, -0.1) is 0 Å². The number of nitrogens with zero attached hydrogens (tertiary/aromatic N) is 3. The van der Waals surface area contributed by atoms with E-state index >= 15 is 0 Å². The van der Waals surface area contributed by atoms with Crippen molar-refractivity contribution >= 4 is 33.2 Å². The van der Waals surface area contributed by atoms with E-state index in [1.165, 1.54) is 21.3 Å². The Bertz CT molecular complexity index is 1060. The highest BCUT2D eigenvalue weighted by Gasteiger charge is 2.32. The van der Waals surface area contributed by atoms with Crippen LogP contribution in [0.2, 0.25) is 5.02 Å². The van der Waals surface area contributed by atoms with Gasteiger partial charge in [-0.3, -0.25) is 14.9 Å². The zero-order valence-corrected chi connectivity index (χ0v) is 18.2. The Morgan fingerprint density at radius 2 is 1.67 bits per heavy atom. The van der Waals surface area contributed by atoms with E-state index in [0.29, 0.717) is 5.92 Å². The molecule has 0 spiro atoms. The Balaban J connectivity index is 1.73. The van der Waals surface area contributed by atoms with Crippen molar-refractivity contribution in [2.75, 3.05) is 26.2 Å². The standard InChI is InChI=1S/C20H22ClN3O5S/c1-14(2)15-3-6-17(7-4-15)30(28,29)23-11-9-22(10-12-23)20(25)18-8-5-16(21)13-19(18)24(26)27/h3-8,13-14H,9-12H2,1-2H3. The summed E-state index contributed by atoms with van der Waals surface area (Å²) in [6.07, 6.45) is 0. The number of carbonyl (C=O) groups excluding carboxylic acids is 1. The van der Waals surface area contributed by atoms with Crippen molar-refractivity contribution in [3.63, 3.8) is 0 Å². The number of halogens is 1. The van der Waals surface area contributed by atoms with E-state index in [4.69, 9.17) is 11.6 Å². The third kappa shape index (κ3) is 4.48. The van der Waals surface area contributed by atoms with Gasteiger partial charge in [0.15, 0.2) is 0 Å².